The van der Waals surface area contributed by atoms with Gasteiger partial charge in [0.15, 0.2) is 0 Å². The topological polar surface area (TPSA) is 75.3 Å². The fourth-order valence-corrected chi connectivity index (χ4v) is 1.68. The summed E-state index contributed by atoms with van der Waals surface area (Å²) in [5.74, 6) is 0.0456. The predicted molar refractivity (Wildman–Crippen MR) is 67.7 cm³/mol. The van der Waals surface area contributed by atoms with Gasteiger partial charge in [-0.1, -0.05) is 18.2 Å². The van der Waals surface area contributed by atoms with Gasteiger partial charge in [0, 0.05) is 11.1 Å². The van der Waals surface area contributed by atoms with Crippen molar-refractivity contribution in [3.8, 4) is 5.75 Å². The number of benzene rings is 1. The van der Waals surface area contributed by atoms with Crippen LogP contribution in [0.25, 0.3) is 0 Å². The fourth-order valence-electron chi connectivity index (χ4n) is 1.68. The number of phenolic OH excluding ortho intramolecular Hbond substituents is 1. The third kappa shape index (κ3) is 4.44. The Morgan fingerprint density at radius 1 is 1.41 bits per heavy atom. The summed E-state index contributed by atoms with van der Waals surface area (Å²) in [5.41, 5.74) is 5.80. The molecular formula is C13H20N2O2. The Labute approximate surface area is 102 Å². The van der Waals surface area contributed by atoms with Crippen LogP contribution in [0.3, 0.4) is 0 Å². The van der Waals surface area contributed by atoms with Gasteiger partial charge in [0.2, 0.25) is 5.91 Å². The molecule has 17 heavy (non-hydrogen) atoms. The van der Waals surface area contributed by atoms with E-state index in [4.69, 9.17) is 5.73 Å². The number of hydrogen-bond donors (Lipinski definition) is 3. The van der Waals surface area contributed by atoms with Crippen LogP contribution in [0.15, 0.2) is 24.3 Å². The number of aromatic hydroxyl groups is 1. The number of carbonyl (C=O) groups is 1. The summed E-state index contributed by atoms with van der Waals surface area (Å²) in [6.07, 6.45) is 0.903. The molecule has 0 heterocycles. The third-order valence-electron chi connectivity index (χ3n) is 2.59. The van der Waals surface area contributed by atoms with Crippen LogP contribution in [0.4, 0.5) is 0 Å². The summed E-state index contributed by atoms with van der Waals surface area (Å²) >= 11 is 0. The van der Waals surface area contributed by atoms with Gasteiger partial charge < -0.3 is 16.2 Å². The van der Waals surface area contributed by atoms with Crippen molar-refractivity contribution in [1.29, 1.82) is 0 Å². The second-order valence-electron chi connectivity index (χ2n) is 4.78. The quantitative estimate of drug-likeness (QED) is 0.718. The lowest BCUT2D eigenvalue weighted by Gasteiger charge is -2.25. The Hall–Kier alpha value is -1.55. The molecule has 0 aromatic heterocycles. The van der Waals surface area contributed by atoms with Crippen LogP contribution >= 0.6 is 0 Å². The molecule has 0 radical (unpaired) electrons. The van der Waals surface area contributed by atoms with Crippen molar-refractivity contribution in [1.82, 2.24) is 5.32 Å². The summed E-state index contributed by atoms with van der Waals surface area (Å²) in [4.78, 5) is 11.8. The largest absolute Gasteiger partial charge is 0.508 e. The Balaban J connectivity index is 2.59. The zero-order valence-electron chi connectivity index (χ0n) is 10.4. The first-order chi connectivity index (χ1) is 7.94. The molecule has 0 aliphatic heterocycles. The number of phenols is 1. The second kappa shape index (κ2) is 5.68. The first-order valence-electron chi connectivity index (χ1n) is 5.72. The van der Waals surface area contributed by atoms with E-state index in [9.17, 15) is 9.90 Å². The third-order valence-corrected chi connectivity index (χ3v) is 2.59. The van der Waals surface area contributed by atoms with Gasteiger partial charge in [-0.05, 0) is 32.9 Å². The van der Waals surface area contributed by atoms with Gasteiger partial charge in [0.05, 0.1) is 6.42 Å². The first kappa shape index (κ1) is 13.5. The van der Waals surface area contributed by atoms with Crippen molar-refractivity contribution < 1.29 is 9.90 Å². The minimum absolute atomic E-state index is 0.107. The number of amides is 1. The zero-order chi connectivity index (χ0) is 12.9. The van der Waals surface area contributed by atoms with Crippen LogP contribution in [0, 0.1) is 0 Å². The van der Waals surface area contributed by atoms with Crippen LogP contribution in [-0.4, -0.2) is 23.1 Å². The highest BCUT2D eigenvalue weighted by Crippen LogP contribution is 2.16. The van der Waals surface area contributed by atoms with Gasteiger partial charge >= 0.3 is 0 Å². The molecule has 0 bridgehead atoms. The maximum Gasteiger partial charge on any atom is 0.224 e. The number of hydrogen-bond acceptors (Lipinski definition) is 3. The number of para-hydroxylation sites is 1. The molecule has 0 atom stereocenters. The number of nitrogens with one attached hydrogen (secondary N) is 1. The van der Waals surface area contributed by atoms with E-state index >= 15 is 0 Å². The summed E-state index contributed by atoms with van der Waals surface area (Å²) in [6.45, 7) is 4.40. The molecule has 4 nitrogen and oxygen atoms in total. The Morgan fingerprint density at radius 3 is 2.65 bits per heavy atom. The standard InChI is InChI=1S/C13H20N2O2/c1-13(2,7-8-14)15-12(17)9-10-5-3-4-6-11(10)16/h3-6,16H,7-9,14H2,1-2H3,(H,15,17). The Morgan fingerprint density at radius 2 is 2.06 bits per heavy atom. The van der Waals surface area contributed by atoms with Crippen LogP contribution in [0.2, 0.25) is 0 Å². The molecule has 0 spiro atoms. The summed E-state index contributed by atoms with van der Waals surface area (Å²) < 4.78 is 0. The van der Waals surface area contributed by atoms with Gasteiger partial charge in [-0.3, -0.25) is 4.79 Å². The summed E-state index contributed by atoms with van der Waals surface area (Å²) in [5, 5.41) is 12.5. The molecule has 0 unspecified atom stereocenters. The maximum atomic E-state index is 11.8. The number of carbonyl (C=O) groups excluding carboxylic acids is 1. The minimum atomic E-state index is -0.309. The molecule has 0 aliphatic carbocycles. The Kier molecular flexibility index (Phi) is 4.52. The van der Waals surface area contributed by atoms with Gasteiger partial charge in [0.25, 0.3) is 0 Å². The van der Waals surface area contributed by atoms with E-state index in [2.05, 4.69) is 5.32 Å². The molecule has 0 saturated carbocycles. The molecule has 0 fully saturated rings. The molecule has 4 N–H and O–H groups in total. The highest BCUT2D eigenvalue weighted by molar-refractivity contribution is 5.79. The van der Waals surface area contributed by atoms with Crippen molar-refractivity contribution >= 4 is 5.91 Å². The van der Waals surface area contributed by atoms with Crippen LogP contribution in [0.1, 0.15) is 25.8 Å². The van der Waals surface area contributed by atoms with E-state index in [1.807, 2.05) is 13.8 Å². The van der Waals surface area contributed by atoms with Crippen molar-refractivity contribution in [2.45, 2.75) is 32.2 Å². The van der Waals surface area contributed by atoms with E-state index in [-0.39, 0.29) is 23.6 Å². The lowest BCUT2D eigenvalue weighted by Crippen LogP contribution is -2.45. The van der Waals surface area contributed by atoms with Gasteiger partial charge in [-0.15, -0.1) is 0 Å². The van der Waals surface area contributed by atoms with Crippen LogP contribution in [-0.2, 0) is 11.2 Å². The van der Waals surface area contributed by atoms with E-state index in [1.165, 1.54) is 0 Å². The predicted octanol–water partition coefficient (Wildman–Crippen LogP) is 1.18. The maximum absolute atomic E-state index is 11.8. The van der Waals surface area contributed by atoms with Crippen LogP contribution < -0.4 is 11.1 Å². The second-order valence-corrected chi connectivity index (χ2v) is 4.78. The highest BCUT2D eigenvalue weighted by Gasteiger charge is 2.19. The molecule has 1 amide bonds. The fraction of sp³-hybridized carbons (Fsp3) is 0.462. The van der Waals surface area contributed by atoms with Crippen molar-refractivity contribution in [3.63, 3.8) is 0 Å². The van der Waals surface area contributed by atoms with Crippen LogP contribution in [0.5, 0.6) is 5.75 Å². The SMILES string of the molecule is CC(C)(CCN)NC(=O)Cc1ccccc1O. The van der Waals surface area contributed by atoms with E-state index in [1.54, 1.807) is 24.3 Å². The normalized spacial score (nSPS) is 11.2. The molecule has 0 saturated heterocycles. The minimum Gasteiger partial charge on any atom is -0.508 e. The lowest BCUT2D eigenvalue weighted by molar-refractivity contribution is -0.122. The van der Waals surface area contributed by atoms with Gasteiger partial charge in [0.1, 0.15) is 5.75 Å². The number of nitrogens with two attached hydrogens (primary N) is 1. The van der Waals surface area contributed by atoms with Crippen molar-refractivity contribution in [3.05, 3.63) is 29.8 Å². The smallest absolute Gasteiger partial charge is 0.224 e. The average Bonchev–Trinajstić information content (AvgIpc) is 2.20. The molecule has 94 valence electrons. The van der Waals surface area contributed by atoms with E-state index in [0.717, 1.165) is 6.42 Å². The monoisotopic (exact) mass is 236 g/mol. The number of rotatable bonds is 5. The highest BCUT2D eigenvalue weighted by atomic mass is 16.3. The zero-order valence-corrected chi connectivity index (χ0v) is 10.4. The van der Waals surface area contributed by atoms with E-state index < -0.39 is 0 Å². The summed E-state index contributed by atoms with van der Waals surface area (Å²) in [7, 11) is 0. The Bertz CT molecular complexity index is 389. The molecular weight excluding hydrogens is 216 g/mol. The molecule has 1 aromatic carbocycles. The van der Waals surface area contributed by atoms with E-state index in [0.29, 0.717) is 12.1 Å². The molecule has 0 aliphatic rings. The van der Waals surface area contributed by atoms with Crippen molar-refractivity contribution in [2.24, 2.45) is 5.73 Å². The molecule has 1 rings (SSSR count). The molecule has 4 heteroatoms. The average molecular weight is 236 g/mol. The molecule has 1 aromatic rings. The van der Waals surface area contributed by atoms with Gasteiger partial charge in [-0.2, -0.15) is 0 Å². The lowest BCUT2D eigenvalue weighted by atomic mass is 10.00. The van der Waals surface area contributed by atoms with Gasteiger partial charge in [-0.25, -0.2) is 0 Å². The first-order valence-corrected chi connectivity index (χ1v) is 5.72. The summed E-state index contributed by atoms with van der Waals surface area (Å²) in [6, 6.07) is 6.85. The van der Waals surface area contributed by atoms with Crippen molar-refractivity contribution in [2.75, 3.05) is 6.54 Å².